The van der Waals surface area contributed by atoms with Gasteiger partial charge in [-0.05, 0) is 85.4 Å². The quantitative estimate of drug-likeness (QED) is 0.440. The van der Waals surface area contributed by atoms with Crippen LogP contribution in [0.1, 0.15) is 42.6 Å². The Morgan fingerprint density at radius 2 is 1.94 bits per heavy atom. The Balaban J connectivity index is 0.00000231. The number of aryl methyl sites for hydroxylation is 2. The fourth-order valence-electron chi connectivity index (χ4n) is 4.44. The molecule has 4 aromatic rings. The average molecular weight is 454 g/mol. The molecule has 0 amide bonds. The molecule has 0 unspecified atom stereocenters. The second-order valence-electron chi connectivity index (χ2n) is 8.34. The van der Waals surface area contributed by atoms with Crippen molar-refractivity contribution < 1.29 is 0 Å². The first kappa shape index (κ1) is 21.9. The van der Waals surface area contributed by atoms with Crippen LogP contribution in [0.2, 0.25) is 0 Å². The molecule has 1 fully saturated rings. The minimum absolute atomic E-state index is 0. The molecule has 0 spiro atoms. The van der Waals surface area contributed by atoms with Gasteiger partial charge in [-0.15, -0.1) is 12.4 Å². The summed E-state index contributed by atoms with van der Waals surface area (Å²) in [7, 11) is 0. The summed E-state index contributed by atoms with van der Waals surface area (Å²) in [6.45, 7) is 0. The van der Waals surface area contributed by atoms with E-state index in [1.165, 1.54) is 18.4 Å². The lowest BCUT2D eigenvalue weighted by Crippen LogP contribution is -2.27. The van der Waals surface area contributed by atoms with E-state index in [1.807, 2.05) is 18.6 Å². The van der Waals surface area contributed by atoms with Crippen molar-refractivity contribution in [1.82, 2.24) is 19.4 Å². The van der Waals surface area contributed by atoms with Crippen LogP contribution in [0.4, 0.5) is 0 Å². The van der Waals surface area contributed by atoms with Gasteiger partial charge in [-0.2, -0.15) is 11.3 Å². The van der Waals surface area contributed by atoms with Gasteiger partial charge in [-0.3, -0.25) is 14.4 Å². The van der Waals surface area contributed by atoms with Gasteiger partial charge >= 0.3 is 0 Å². The van der Waals surface area contributed by atoms with Gasteiger partial charge in [0, 0.05) is 24.1 Å². The van der Waals surface area contributed by atoms with E-state index in [2.05, 4.69) is 44.4 Å². The number of imidazole rings is 1. The molecule has 5 nitrogen and oxygen atoms in total. The standard InChI is InChI=1S/C24H27N5S.ClH/c25-19-7-4-17(5-8-19)14-22-24-27-15-23(29(24)12-11-26-22)21-3-1-2-20(28-21)9-6-18-10-13-30-16-18;/h1-3,10-13,15-17,19H,4-9,14,25H2;1H. The second-order valence-corrected chi connectivity index (χ2v) is 9.12. The summed E-state index contributed by atoms with van der Waals surface area (Å²) in [6, 6.07) is 8.84. The predicted molar refractivity (Wildman–Crippen MR) is 129 cm³/mol. The van der Waals surface area contributed by atoms with Crippen LogP contribution in [-0.4, -0.2) is 25.4 Å². The van der Waals surface area contributed by atoms with Gasteiger partial charge in [-0.1, -0.05) is 6.07 Å². The fourth-order valence-corrected chi connectivity index (χ4v) is 5.14. The molecule has 0 radical (unpaired) electrons. The highest BCUT2D eigenvalue weighted by molar-refractivity contribution is 7.07. The van der Waals surface area contributed by atoms with E-state index in [0.29, 0.717) is 12.0 Å². The number of hydrogen-bond donors (Lipinski definition) is 1. The molecule has 0 saturated heterocycles. The summed E-state index contributed by atoms with van der Waals surface area (Å²) in [5, 5.41) is 4.34. The Hall–Kier alpha value is -2.28. The van der Waals surface area contributed by atoms with E-state index >= 15 is 0 Å². The average Bonchev–Trinajstić information content (AvgIpc) is 3.44. The highest BCUT2D eigenvalue weighted by Gasteiger charge is 2.21. The Morgan fingerprint density at radius 1 is 1.06 bits per heavy atom. The first-order valence-electron chi connectivity index (χ1n) is 10.8. The lowest BCUT2D eigenvalue weighted by molar-refractivity contribution is 0.323. The minimum Gasteiger partial charge on any atom is -0.328 e. The SMILES string of the molecule is Cl.NC1CCC(Cc2nccn3c(-c4cccc(CCc5ccsc5)n4)cnc23)CC1. The molecule has 4 aromatic heterocycles. The van der Waals surface area contributed by atoms with Crippen molar-refractivity contribution in [1.29, 1.82) is 0 Å². The molecule has 0 aliphatic heterocycles. The number of nitrogens with zero attached hydrogens (tertiary/aromatic N) is 4. The van der Waals surface area contributed by atoms with Crippen molar-refractivity contribution >= 4 is 29.4 Å². The number of pyridine rings is 1. The van der Waals surface area contributed by atoms with Crippen molar-refractivity contribution in [2.75, 3.05) is 0 Å². The van der Waals surface area contributed by atoms with Gasteiger partial charge in [0.25, 0.3) is 0 Å². The van der Waals surface area contributed by atoms with Crippen molar-refractivity contribution in [3.63, 3.8) is 0 Å². The van der Waals surface area contributed by atoms with Crippen molar-refractivity contribution in [3.05, 3.63) is 70.6 Å². The lowest BCUT2D eigenvalue weighted by Gasteiger charge is -2.25. The van der Waals surface area contributed by atoms with Crippen molar-refractivity contribution in [2.45, 2.75) is 51.0 Å². The van der Waals surface area contributed by atoms with Crippen LogP contribution in [0.15, 0.2) is 53.6 Å². The van der Waals surface area contributed by atoms with E-state index in [9.17, 15) is 0 Å². The van der Waals surface area contributed by atoms with Crippen molar-refractivity contribution in [3.8, 4) is 11.4 Å². The Bertz CT molecular complexity index is 1120. The largest absolute Gasteiger partial charge is 0.328 e. The van der Waals surface area contributed by atoms with Crippen LogP contribution >= 0.6 is 23.7 Å². The van der Waals surface area contributed by atoms with Crippen LogP contribution in [0.5, 0.6) is 0 Å². The molecular weight excluding hydrogens is 426 g/mol. The normalized spacial score (nSPS) is 18.7. The third-order valence-electron chi connectivity index (χ3n) is 6.19. The molecule has 0 atom stereocenters. The molecule has 7 heteroatoms. The molecule has 31 heavy (non-hydrogen) atoms. The Kier molecular flexibility index (Phi) is 7.00. The molecule has 1 saturated carbocycles. The maximum Gasteiger partial charge on any atom is 0.159 e. The summed E-state index contributed by atoms with van der Waals surface area (Å²) >= 11 is 1.75. The molecule has 162 valence electrons. The third kappa shape index (κ3) is 4.97. The number of fused-ring (bicyclic) bond motifs is 1. The third-order valence-corrected chi connectivity index (χ3v) is 6.93. The molecule has 0 bridgehead atoms. The van der Waals surface area contributed by atoms with Gasteiger partial charge in [0.1, 0.15) is 0 Å². The summed E-state index contributed by atoms with van der Waals surface area (Å²) in [5.41, 5.74) is 12.6. The maximum absolute atomic E-state index is 6.07. The number of aromatic nitrogens is 4. The van der Waals surface area contributed by atoms with Crippen LogP contribution in [0.3, 0.4) is 0 Å². The van der Waals surface area contributed by atoms with Gasteiger partial charge in [0.05, 0.1) is 23.3 Å². The predicted octanol–water partition coefficient (Wildman–Crippen LogP) is 5.12. The zero-order chi connectivity index (χ0) is 20.3. The van der Waals surface area contributed by atoms with Crippen molar-refractivity contribution in [2.24, 2.45) is 11.7 Å². The number of hydrogen-bond acceptors (Lipinski definition) is 5. The van der Waals surface area contributed by atoms with E-state index in [-0.39, 0.29) is 12.4 Å². The molecule has 2 N–H and O–H groups in total. The van der Waals surface area contributed by atoms with Crippen LogP contribution < -0.4 is 5.73 Å². The number of nitrogens with two attached hydrogens (primary N) is 1. The Morgan fingerprint density at radius 3 is 2.74 bits per heavy atom. The van der Waals surface area contributed by atoms with Crippen LogP contribution in [0.25, 0.3) is 17.0 Å². The number of halogens is 1. The summed E-state index contributed by atoms with van der Waals surface area (Å²) in [6.07, 6.45) is 13.4. The van der Waals surface area contributed by atoms with Gasteiger partial charge < -0.3 is 5.73 Å². The van der Waals surface area contributed by atoms with E-state index in [4.69, 9.17) is 15.7 Å². The summed E-state index contributed by atoms with van der Waals surface area (Å²) in [5.74, 6) is 0.655. The monoisotopic (exact) mass is 453 g/mol. The minimum atomic E-state index is 0. The Labute approximate surface area is 193 Å². The molecule has 5 rings (SSSR count). The van der Waals surface area contributed by atoms with Gasteiger partial charge in [0.15, 0.2) is 5.65 Å². The lowest BCUT2D eigenvalue weighted by atomic mass is 9.84. The van der Waals surface area contributed by atoms with Gasteiger partial charge in [0.2, 0.25) is 0 Å². The molecule has 1 aliphatic carbocycles. The smallest absolute Gasteiger partial charge is 0.159 e. The first-order valence-corrected chi connectivity index (χ1v) is 11.7. The maximum atomic E-state index is 6.07. The topological polar surface area (TPSA) is 69.1 Å². The first-order chi connectivity index (χ1) is 14.8. The molecule has 1 aliphatic rings. The molecule has 0 aromatic carbocycles. The summed E-state index contributed by atoms with van der Waals surface area (Å²) < 4.78 is 2.14. The highest BCUT2D eigenvalue weighted by atomic mass is 35.5. The van der Waals surface area contributed by atoms with Crippen LogP contribution in [-0.2, 0) is 19.3 Å². The highest BCUT2D eigenvalue weighted by Crippen LogP contribution is 2.28. The van der Waals surface area contributed by atoms with Crippen LogP contribution in [0, 0.1) is 5.92 Å². The van der Waals surface area contributed by atoms with E-state index < -0.39 is 0 Å². The number of thiophene rings is 1. The molecule has 4 heterocycles. The van der Waals surface area contributed by atoms with E-state index in [0.717, 1.165) is 60.5 Å². The zero-order valence-corrected chi connectivity index (χ0v) is 19.1. The zero-order valence-electron chi connectivity index (χ0n) is 17.5. The summed E-state index contributed by atoms with van der Waals surface area (Å²) in [4.78, 5) is 14.3. The number of rotatable bonds is 6. The molecular formula is C24H28ClN5S. The van der Waals surface area contributed by atoms with E-state index in [1.54, 1.807) is 11.3 Å². The second kappa shape index (κ2) is 9.90. The van der Waals surface area contributed by atoms with Gasteiger partial charge in [-0.25, -0.2) is 4.98 Å². The fraction of sp³-hybridized carbons (Fsp3) is 0.375.